The predicted molar refractivity (Wildman–Crippen MR) is 133 cm³/mol. The van der Waals surface area contributed by atoms with Crippen molar-refractivity contribution in [3.05, 3.63) is 58.0 Å². The van der Waals surface area contributed by atoms with Crippen molar-refractivity contribution in [3.8, 4) is 5.75 Å². The third-order valence-corrected chi connectivity index (χ3v) is 7.74. The Bertz CT molecular complexity index is 1160. The number of halogens is 2. The molecule has 3 atom stereocenters. The topological polar surface area (TPSA) is 84.6 Å². The number of ether oxygens (including phenoxy) is 1. The molecule has 2 saturated heterocycles. The number of carbonyl (C=O) groups is 1. The van der Waals surface area contributed by atoms with Crippen LogP contribution in [0, 0.1) is 12.7 Å². The molecule has 2 bridgehead atoms. The number of amides is 1. The second-order valence-electron chi connectivity index (χ2n) is 9.77. The van der Waals surface area contributed by atoms with Gasteiger partial charge in [0.15, 0.2) is 5.82 Å². The van der Waals surface area contributed by atoms with Gasteiger partial charge in [-0.05, 0) is 57.7 Å². The van der Waals surface area contributed by atoms with E-state index in [9.17, 15) is 9.18 Å². The van der Waals surface area contributed by atoms with E-state index in [0.717, 1.165) is 25.8 Å². The van der Waals surface area contributed by atoms with Crippen LogP contribution >= 0.6 is 11.6 Å². The van der Waals surface area contributed by atoms with Crippen LogP contribution in [0.4, 0.5) is 4.39 Å². The molecule has 5 rings (SSSR count). The highest BCUT2D eigenvalue weighted by Gasteiger charge is 2.41. The quantitative estimate of drug-likeness (QED) is 0.641. The molecular weight excluding hydrogens is 469 g/mol. The second kappa shape index (κ2) is 9.74. The summed E-state index contributed by atoms with van der Waals surface area (Å²) in [6, 6.07) is 5.13. The molecule has 1 unspecified atom stereocenters. The molecule has 2 aromatic rings. The predicted octanol–water partition coefficient (Wildman–Crippen LogP) is 4.19. The maximum Gasteiger partial charge on any atom is 0.258 e. The largest absolute Gasteiger partial charge is 0.489 e. The Hall–Kier alpha value is -2.71. The number of aryl methyl sites for hydroxylation is 1. The first-order valence-corrected chi connectivity index (χ1v) is 12.7. The molecule has 35 heavy (non-hydrogen) atoms. The van der Waals surface area contributed by atoms with Crippen molar-refractivity contribution in [1.29, 1.82) is 0 Å². The fourth-order valence-electron chi connectivity index (χ4n) is 5.67. The normalized spacial score (nSPS) is 24.3. The molecule has 0 radical (unpaired) electrons. The molecule has 9 heteroatoms. The Balaban J connectivity index is 1.32. The van der Waals surface area contributed by atoms with Crippen LogP contribution in [0.1, 0.15) is 60.9 Å². The van der Waals surface area contributed by atoms with Crippen LogP contribution in [0.15, 0.2) is 30.1 Å². The van der Waals surface area contributed by atoms with E-state index in [-0.39, 0.29) is 25.1 Å². The lowest BCUT2D eigenvalue weighted by atomic mass is 9.99. The van der Waals surface area contributed by atoms with Crippen molar-refractivity contribution in [2.45, 2.75) is 64.1 Å². The smallest absolute Gasteiger partial charge is 0.258 e. The van der Waals surface area contributed by atoms with Crippen molar-refractivity contribution in [2.75, 3.05) is 19.6 Å². The highest BCUT2D eigenvalue weighted by atomic mass is 35.5. The van der Waals surface area contributed by atoms with E-state index < -0.39 is 5.82 Å². The molecule has 3 aliphatic heterocycles. The summed E-state index contributed by atoms with van der Waals surface area (Å²) in [7, 11) is 0. The van der Waals surface area contributed by atoms with Gasteiger partial charge in [0, 0.05) is 35.6 Å². The minimum atomic E-state index is -0.423. The SMILES string of the molecule is CCCN1[C@@H]2CC[C@H]1CC(Oc1cc(F)ccc1C(=O)N1CC(N)=C(c3ncc(Cl)c(C)n3)C1)C2. The molecular formula is C26H31ClFN5O2. The fraction of sp³-hybridized carbons (Fsp3) is 0.500. The minimum Gasteiger partial charge on any atom is -0.489 e. The molecule has 0 spiro atoms. The molecule has 4 heterocycles. The van der Waals surface area contributed by atoms with Gasteiger partial charge in [-0.15, -0.1) is 0 Å². The van der Waals surface area contributed by atoms with Crippen LogP contribution in [0.2, 0.25) is 5.02 Å². The summed E-state index contributed by atoms with van der Waals surface area (Å²) in [5.41, 5.74) is 8.49. The van der Waals surface area contributed by atoms with Crippen molar-refractivity contribution in [3.63, 3.8) is 0 Å². The van der Waals surface area contributed by atoms with Gasteiger partial charge in [-0.1, -0.05) is 18.5 Å². The standard InChI is InChI=1S/C26H31ClFN5O2/c1-3-8-33-17-5-6-18(33)11-19(10-17)35-24-9-16(28)4-7-20(24)26(34)32-13-21(23(29)14-32)25-30-12-22(27)15(2)31-25/h4,7,9,12,17-19H,3,5-6,8,10-11,13-14,29H2,1-2H3/t17-,18+,19?. The van der Waals surface area contributed by atoms with Crippen LogP contribution in [0.25, 0.3) is 5.57 Å². The third-order valence-electron chi connectivity index (χ3n) is 7.36. The summed E-state index contributed by atoms with van der Waals surface area (Å²) < 4.78 is 20.5. The maximum absolute atomic E-state index is 14.2. The van der Waals surface area contributed by atoms with Gasteiger partial charge in [-0.3, -0.25) is 9.69 Å². The Kier molecular flexibility index (Phi) is 6.68. The summed E-state index contributed by atoms with van der Waals surface area (Å²) in [5, 5.41) is 0.473. The lowest BCUT2D eigenvalue weighted by Crippen LogP contribution is -2.46. The molecule has 1 aromatic heterocycles. The summed E-state index contributed by atoms with van der Waals surface area (Å²) in [5.74, 6) is 0.0845. The number of nitrogens with two attached hydrogens (primary N) is 1. The van der Waals surface area contributed by atoms with Crippen molar-refractivity contribution in [2.24, 2.45) is 5.73 Å². The Labute approximate surface area is 210 Å². The molecule has 186 valence electrons. The van der Waals surface area contributed by atoms with Gasteiger partial charge in [-0.2, -0.15) is 0 Å². The lowest BCUT2D eigenvalue weighted by Gasteiger charge is -2.39. The number of aromatic nitrogens is 2. The number of piperidine rings is 1. The van der Waals surface area contributed by atoms with Gasteiger partial charge in [0.05, 0.1) is 29.4 Å². The zero-order chi connectivity index (χ0) is 24.7. The number of carbonyl (C=O) groups excluding carboxylic acids is 1. The highest BCUT2D eigenvalue weighted by molar-refractivity contribution is 6.31. The van der Waals surface area contributed by atoms with Crippen LogP contribution in [-0.2, 0) is 0 Å². The zero-order valence-corrected chi connectivity index (χ0v) is 20.9. The summed E-state index contributed by atoms with van der Waals surface area (Å²) in [6.07, 6.45) is 6.79. The van der Waals surface area contributed by atoms with Crippen molar-refractivity contribution in [1.82, 2.24) is 19.8 Å². The van der Waals surface area contributed by atoms with E-state index in [1.807, 2.05) is 0 Å². The van der Waals surface area contributed by atoms with Crippen LogP contribution < -0.4 is 10.5 Å². The number of hydrogen-bond acceptors (Lipinski definition) is 6. The van der Waals surface area contributed by atoms with Gasteiger partial charge in [-0.25, -0.2) is 14.4 Å². The molecule has 1 amide bonds. The van der Waals surface area contributed by atoms with E-state index in [2.05, 4.69) is 21.8 Å². The van der Waals surface area contributed by atoms with Gasteiger partial charge in [0.25, 0.3) is 5.91 Å². The molecule has 0 aliphatic carbocycles. The van der Waals surface area contributed by atoms with Crippen LogP contribution in [0.3, 0.4) is 0 Å². The minimum absolute atomic E-state index is 0.0308. The maximum atomic E-state index is 14.2. The van der Waals surface area contributed by atoms with Crippen LogP contribution in [-0.4, -0.2) is 63.5 Å². The van der Waals surface area contributed by atoms with Crippen molar-refractivity contribution >= 4 is 23.1 Å². The van der Waals surface area contributed by atoms with E-state index in [1.54, 1.807) is 11.8 Å². The summed E-state index contributed by atoms with van der Waals surface area (Å²) in [6.45, 7) is 5.62. The molecule has 3 aliphatic rings. The summed E-state index contributed by atoms with van der Waals surface area (Å²) in [4.78, 5) is 26.4. The van der Waals surface area contributed by atoms with Gasteiger partial charge < -0.3 is 15.4 Å². The second-order valence-corrected chi connectivity index (χ2v) is 10.2. The van der Waals surface area contributed by atoms with E-state index in [1.165, 1.54) is 37.2 Å². The van der Waals surface area contributed by atoms with Gasteiger partial charge >= 0.3 is 0 Å². The van der Waals surface area contributed by atoms with Crippen LogP contribution in [0.5, 0.6) is 5.75 Å². The molecule has 7 nitrogen and oxygen atoms in total. The number of hydrogen-bond donors (Lipinski definition) is 1. The number of nitrogens with zero attached hydrogens (tertiary/aromatic N) is 4. The fourth-order valence-corrected chi connectivity index (χ4v) is 5.76. The molecule has 1 aromatic carbocycles. The lowest BCUT2D eigenvalue weighted by molar-refractivity contribution is 0.0482. The average Bonchev–Trinajstić information content (AvgIpc) is 3.32. The Morgan fingerprint density at radius 2 is 2.00 bits per heavy atom. The first-order valence-electron chi connectivity index (χ1n) is 12.3. The van der Waals surface area contributed by atoms with Gasteiger partial charge in [0.2, 0.25) is 0 Å². The third kappa shape index (κ3) is 4.74. The first-order chi connectivity index (χ1) is 16.8. The summed E-state index contributed by atoms with van der Waals surface area (Å²) >= 11 is 6.05. The molecule has 0 saturated carbocycles. The monoisotopic (exact) mass is 499 g/mol. The zero-order valence-electron chi connectivity index (χ0n) is 20.1. The van der Waals surface area contributed by atoms with E-state index >= 15 is 0 Å². The number of rotatable bonds is 6. The number of fused-ring (bicyclic) bond motifs is 2. The Morgan fingerprint density at radius 1 is 1.26 bits per heavy atom. The highest BCUT2D eigenvalue weighted by Crippen LogP contribution is 2.38. The molecule has 2 N–H and O–H groups in total. The first kappa shape index (κ1) is 24.0. The average molecular weight is 500 g/mol. The van der Waals surface area contributed by atoms with Crippen molar-refractivity contribution < 1.29 is 13.9 Å². The Morgan fingerprint density at radius 3 is 2.69 bits per heavy atom. The van der Waals surface area contributed by atoms with Gasteiger partial charge in [0.1, 0.15) is 17.7 Å². The van der Waals surface area contributed by atoms with E-state index in [0.29, 0.717) is 51.2 Å². The van der Waals surface area contributed by atoms with E-state index in [4.69, 9.17) is 22.1 Å². The number of benzene rings is 1. The molecule has 2 fully saturated rings.